The summed E-state index contributed by atoms with van der Waals surface area (Å²) in [6.07, 6.45) is -12.2. The van der Waals surface area contributed by atoms with Crippen molar-refractivity contribution < 1.29 is 58.2 Å². The fourth-order valence-electron chi connectivity index (χ4n) is 4.72. The summed E-state index contributed by atoms with van der Waals surface area (Å²) in [6, 6.07) is 7.43. The van der Waals surface area contributed by atoms with Gasteiger partial charge in [0.05, 0.1) is 18.5 Å². The van der Waals surface area contributed by atoms with Crippen molar-refractivity contribution in [3.05, 3.63) is 65.0 Å². The molecule has 1 aliphatic carbocycles. The van der Waals surface area contributed by atoms with E-state index in [9.17, 15) is 44.3 Å². The minimum Gasteiger partial charge on any atom is -0.494 e. The Hall–Kier alpha value is -3.82. The summed E-state index contributed by atoms with van der Waals surface area (Å²) < 4.78 is 134. The molecule has 0 bridgehead atoms. The van der Waals surface area contributed by atoms with Crippen LogP contribution in [0.3, 0.4) is 0 Å². The number of nitrogens with one attached hydrogen (secondary N) is 2. The molecule has 2 aliphatic rings. The third-order valence-corrected chi connectivity index (χ3v) is 8.81. The average Bonchev–Trinajstić information content (AvgIpc) is 3.76. The second-order valence-electron chi connectivity index (χ2n) is 10.2. The second kappa shape index (κ2) is 12.3. The first-order chi connectivity index (χ1) is 20.5. The Bertz CT molecular complexity index is 1550. The van der Waals surface area contributed by atoms with E-state index in [4.69, 9.17) is 9.47 Å². The zero-order valence-corrected chi connectivity index (χ0v) is 23.9. The SMILES string of the molecule is CCOc1ccc(C2=C(C(=O)NS(=O)(=O)C3CC3)C(=O)NC(c3ccc(OCCCC(F)(F)F)cc3F)(C(F)(F)F)C2)cc1. The zero-order valence-electron chi connectivity index (χ0n) is 23.1. The first-order valence-electron chi connectivity index (χ1n) is 13.4. The maximum atomic E-state index is 15.4. The quantitative estimate of drug-likeness (QED) is 0.194. The third kappa shape index (κ3) is 7.27. The third-order valence-electron chi connectivity index (χ3n) is 6.99. The Kier molecular flexibility index (Phi) is 9.24. The number of ether oxygens (including phenoxy) is 2. The molecule has 2 amide bonds. The normalized spacial score (nSPS) is 19.4. The highest BCUT2D eigenvalue weighted by atomic mass is 32.2. The molecule has 1 fully saturated rings. The first kappa shape index (κ1) is 33.1. The van der Waals surface area contributed by atoms with Crippen molar-refractivity contribution >= 4 is 27.4 Å². The van der Waals surface area contributed by atoms with Crippen LogP contribution >= 0.6 is 0 Å². The van der Waals surface area contributed by atoms with Crippen molar-refractivity contribution in [2.24, 2.45) is 0 Å². The van der Waals surface area contributed by atoms with Gasteiger partial charge in [-0.15, -0.1) is 0 Å². The maximum absolute atomic E-state index is 15.4. The summed E-state index contributed by atoms with van der Waals surface area (Å²) in [5.41, 5.74) is -5.96. The molecule has 1 aliphatic heterocycles. The molecular formula is C28H27F7N2O6S. The van der Waals surface area contributed by atoms with E-state index >= 15 is 4.39 Å². The number of amides is 2. The monoisotopic (exact) mass is 652 g/mol. The Balaban J connectivity index is 1.76. The van der Waals surface area contributed by atoms with E-state index < -0.39 is 93.4 Å². The van der Waals surface area contributed by atoms with Crippen molar-refractivity contribution in [1.29, 1.82) is 0 Å². The number of hydrogen-bond acceptors (Lipinski definition) is 6. The number of sulfonamides is 1. The zero-order chi connectivity index (χ0) is 32.5. The predicted molar refractivity (Wildman–Crippen MR) is 142 cm³/mol. The molecule has 1 saturated carbocycles. The lowest BCUT2D eigenvalue weighted by Crippen LogP contribution is -2.60. The van der Waals surface area contributed by atoms with Gasteiger partial charge in [0.1, 0.15) is 22.9 Å². The fourth-order valence-corrected chi connectivity index (χ4v) is 6.00. The summed E-state index contributed by atoms with van der Waals surface area (Å²) in [4.78, 5) is 26.5. The van der Waals surface area contributed by atoms with Gasteiger partial charge in [0.15, 0.2) is 5.54 Å². The van der Waals surface area contributed by atoms with E-state index in [1.807, 2.05) is 0 Å². The van der Waals surface area contributed by atoms with Crippen LogP contribution in [0, 0.1) is 5.82 Å². The smallest absolute Gasteiger partial charge is 0.416 e. The molecule has 0 aromatic heterocycles. The van der Waals surface area contributed by atoms with Crippen LogP contribution in [0.25, 0.3) is 5.57 Å². The minimum absolute atomic E-state index is 0.0593. The number of carbonyl (C=O) groups excluding carboxylic acids is 2. The molecule has 2 aromatic rings. The van der Waals surface area contributed by atoms with Gasteiger partial charge in [-0.3, -0.25) is 9.59 Å². The van der Waals surface area contributed by atoms with Gasteiger partial charge < -0.3 is 14.8 Å². The number of carbonyl (C=O) groups is 2. The number of rotatable bonds is 11. The van der Waals surface area contributed by atoms with E-state index in [0.29, 0.717) is 17.9 Å². The van der Waals surface area contributed by atoms with Crippen molar-refractivity contribution in [1.82, 2.24) is 10.0 Å². The fraction of sp³-hybridized carbons (Fsp3) is 0.429. The molecule has 8 nitrogen and oxygen atoms in total. The molecule has 0 spiro atoms. The van der Waals surface area contributed by atoms with Crippen molar-refractivity contribution in [2.45, 2.75) is 62.2 Å². The highest BCUT2D eigenvalue weighted by Gasteiger charge is 2.61. The van der Waals surface area contributed by atoms with Gasteiger partial charge in [-0.2, -0.15) is 26.3 Å². The van der Waals surface area contributed by atoms with E-state index in [0.717, 1.165) is 6.07 Å². The van der Waals surface area contributed by atoms with Crippen LogP contribution in [0.4, 0.5) is 30.7 Å². The van der Waals surface area contributed by atoms with Crippen LogP contribution in [0.2, 0.25) is 0 Å². The van der Waals surface area contributed by atoms with Gasteiger partial charge in [-0.1, -0.05) is 12.1 Å². The van der Waals surface area contributed by atoms with Crippen molar-refractivity contribution in [2.75, 3.05) is 13.2 Å². The molecule has 1 atom stereocenters. The second-order valence-corrected chi connectivity index (χ2v) is 12.2. The van der Waals surface area contributed by atoms with Crippen LogP contribution in [0.1, 0.15) is 50.2 Å². The molecule has 4 rings (SSSR count). The maximum Gasteiger partial charge on any atom is 0.416 e. The number of hydrogen-bond donors (Lipinski definition) is 2. The summed E-state index contributed by atoms with van der Waals surface area (Å²) in [5.74, 6) is -4.57. The lowest BCUT2D eigenvalue weighted by Gasteiger charge is -2.41. The Morgan fingerprint density at radius 1 is 1.02 bits per heavy atom. The lowest BCUT2D eigenvalue weighted by molar-refractivity contribution is -0.202. The molecule has 240 valence electrons. The van der Waals surface area contributed by atoms with Gasteiger partial charge in [0.2, 0.25) is 10.0 Å². The Labute approximate surface area is 247 Å². The van der Waals surface area contributed by atoms with Gasteiger partial charge in [-0.25, -0.2) is 17.5 Å². The Morgan fingerprint density at radius 2 is 1.66 bits per heavy atom. The van der Waals surface area contributed by atoms with E-state index in [2.05, 4.69) is 0 Å². The van der Waals surface area contributed by atoms with Crippen molar-refractivity contribution in [3.8, 4) is 11.5 Å². The molecule has 0 saturated heterocycles. The van der Waals surface area contributed by atoms with E-state index in [1.165, 1.54) is 24.3 Å². The van der Waals surface area contributed by atoms with Crippen LogP contribution in [-0.2, 0) is 25.2 Å². The first-order valence-corrected chi connectivity index (χ1v) is 14.9. The molecule has 0 radical (unpaired) electrons. The topological polar surface area (TPSA) is 111 Å². The average molecular weight is 653 g/mol. The van der Waals surface area contributed by atoms with Gasteiger partial charge in [0, 0.05) is 24.5 Å². The highest BCUT2D eigenvalue weighted by Crippen LogP contribution is 2.49. The van der Waals surface area contributed by atoms with Gasteiger partial charge in [0.25, 0.3) is 11.8 Å². The highest BCUT2D eigenvalue weighted by molar-refractivity contribution is 7.91. The molecular weight excluding hydrogens is 625 g/mol. The summed E-state index contributed by atoms with van der Waals surface area (Å²) in [6.45, 7) is 1.46. The summed E-state index contributed by atoms with van der Waals surface area (Å²) >= 11 is 0. The molecule has 1 unspecified atom stereocenters. The van der Waals surface area contributed by atoms with Crippen LogP contribution in [0.5, 0.6) is 11.5 Å². The predicted octanol–water partition coefficient (Wildman–Crippen LogP) is 5.29. The minimum atomic E-state index is -5.36. The van der Waals surface area contributed by atoms with Gasteiger partial charge in [-0.05, 0) is 61.6 Å². The molecule has 16 heteroatoms. The van der Waals surface area contributed by atoms with Crippen LogP contribution < -0.4 is 19.5 Å². The standard InChI is InChI=1S/C28H27F7N2O6S/c1-2-42-17-6-4-16(5-7-17)20-15-26(28(33,34)35,36-24(38)23(20)25(39)37-44(40,41)19-9-10-19)21-11-8-18(14-22(21)29)43-13-3-12-27(30,31)32/h4-8,11,14,19H,2-3,9-10,12-13,15H2,1H3,(H,36,38)(H,37,39). The largest absolute Gasteiger partial charge is 0.494 e. The molecule has 2 aromatic carbocycles. The number of halogens is 7. The summed E-state index contributed by atoms with van der Waals surface area (Å²) in [7, 11) is -4.21. The molecule has 2 N–H and O–H groups in total. The van der Waals surface area contributed by atoms with Crippen LogP contribution in [0.15, 0.2) is 48.0 Å². The van der Waals surface area contributed by atoms with E-state index in [1.54, 1.807) is 17.0 Å². The molecule has 44 heavy (non-hydrogen) atoms. The lowest BCUT2D eigenvalue weighted by atomic mass is 9.76. The summed E-state index contributed by atoms with van der Waals surface area (Å²) in [5, 5.41) is 0.816. The van der Waals surface area contributed by atoms with E-state index in [-0.39, 0.29) is 30.8 Å². The number of alkyl halides is 6. The van der Waals surface area contributed by atoms with Crippen molar-refractivity contribution in [3.63, 3.8) is 0 Å². The Morgan fingerprint density at radius 3 is 2.20 bits per heavy atom. The van der Waals surface area contributed by atoms with Crippen LogP contribution in [-0.4, -0.2) is 51.0 Å². The van der Waals surface area contributed by atoms with Gasteiger partial charge >= 0.3 is 12.4 Å². The molecule has 1 heterocycles. The number of benzene rings is 2.